The minimum absolute atomic E-state index is 0.147. The average Bonchev–Trinajstić information content (AvgIpc) is 2.51. The van der Waals surface area contributed by atoms with Crippen LogP contribution in [0.5, 0.6) is 0 Å². The van der Waals surface area contributed by atoms with Crippen LogP contribution in [0.15, 0.2) is 59.7 Å². The molecule has 20 heavy (non-hydrogen) atoms. The minimum atomic E-state index is -0.205. The number of aryl methyl sites for hydroxylation is 1. The summed E-state index contributed by atoms with van der Waals surface area (Å²) in [6.45, 7) is 0. The van der Waals surface area contributed by atoms with Gasteiger partial charge in [-0.05, 0) is 24.3 Å². The number of para-hydroxylation sites is 1. The number of nitrogens with zero attached hydrogens (tertiary/aromatic N) is 2. The van der Waals surface area contributed by atoms with Crippen LogP contribution in [0, 0.1) is 0 Å². The van der Waals surface area contributed by atoms with Crippen molar-refractivity contribution >= 4 is 16.7 Å². The fourth-order valence-electron chi connectivity index (χ4n) is 2.27. The first-order valence-electron chi connectivity index (χ1n) is 6.22. The standard InChI is InChI=1S/C16H12N2O2/c1-18-13-7-3-2-6-12(13)15(19)9-14(18)16(20)11-5-4-8-17-10-11/h2-10H,1H3. The fraction of sp³-hybridized carbons (Fsp3) is 0.0625. The molecule has 0 aliphatic carbocycles. The van der Waals surface area contributed by atoms with E-state index in [1.54, 1.807) is 36.0 Å². The van der Waals surface area contributed by atoms with Crippen molar-refractivity contribution in [3.8, 4) is 0 Å². The molecule has 4 nitrogen and oxygen atoms in total. The Bertz CT molecular complexity index is 851. The van der Waals surface area contributed by atoms with E-state index in [1.807, 2.05) is 18.2 Å². The van der Waals surface area contributed by atoms with Crippen molar-refractivity contribution in [3.63, 3.8) is 0 Å². The largest absolute Gasteiger partial charge is 0.341 e. The maximum Gasteiger partial charge on any atom is 0.211 e. The van der Waals surface area contributed by atoms with Crippen molar-refractivity contribution in [2.45, 2.75) is 0 Å². The van der Waals surface area contributed by atoms with Crippen molar-refractivity contribution in [2.24, 2.45) is 7.05 Å². The Morgan fingerprint density at radius 1 is 1.15 bits per heavy atom. The lowest BCUT2D eigenvalue weighted by Crippen LogP contribution is -2.16. The van der Waals surface area contributed by atoms with E-state index >= 15 is 0 Å². The molecule has 0 radical (unpaired) electrons. The van der Waals surface area contributed by atoms with Gasteiger partial charge in [0.15, 0.2) is 5.43 Å². The van der Waals surface area contributed by atoms with Gasteiger partial charge in [0.2, 0.25) is 5.78 Å². The molecule has 2 aromatic heterocycles. The second-order valence-electron chi connectivity index (χ2n) is 4.54. The molecule has 0 aliphatic rings. The highest BCUT2D eigenvalue weighted by atomic mass is 16.1. The molecule has 0 fully saturated rings. The van der Waals surface area contributed by atoms with Crippen molar-refractivity contribution in [1.29, 1.82) is 0 Å². The molecule has 3 rings (SSSR count). The lowest BCUT2D eigenvalue weighted by atomic mass is 10.1. The third-order valence-corrected chi connectivity index (χ3v) is 3.32. The van der Waals surface area contributed by atoms with E-state index in [0.29, 0.717) is 16.6 Å². The molecule has 3 aromatic rings. The molecule has 0 amide bonds. The van der Waals surface area contributed by atoms with Crippen LogP contribution in [0.4, 0.5) is 0 Å². The first kappa shape index (κ1) is 12.3. The monoisotopic (exact) mass is 264 g/mol. The van der Waals surface area contributed by atoms with E-state index in [0.717, 1.165) is 5.52 Å². The van der Waals surface area contributed by atoms with Gasteiger partial charge >= 0.3 is 0 Å². The summed E-state index contributed by atoms with van der Waals surface area (Å²) < 4.78 is 1.74. The summed E-state index contributed by atoms with van der Waals surface area (Å²) in [6.07, 6.45) is 3.11. The Morgan fingerprint density at radius 3 is 2.70 bits per heavy atom. The molecule has 0 bridgehead atoms. The van der Waals surface area contributed by atoms with E-state index in [-0.39, 0.29) is 11.2 Å². The first-order valence-corrected chi connectivity index (χ1v) is 6.22. The minimum Gasteiger partial charge on any atom is -0.341 e. The summed E-state index contributed by atoms with van der Waals surface area (Å²) >= 11 is 0. The quantitative estimate of drug-likeness (QED) is 0.666. The Balaban J connectivity index is 2.25. The maximum atomic E-state index is 12.5. The summed E-state index contributed by atoms with van der Waals surface area (Å²) in [4.78, 5) is 28.5. The fourth-order valence-corrected chi connectivity index (χ4v) is 2.27. The van der Waals surface area contributed by atoms with Gasteiger partial charge in [0.1, 0.15) is 0 Å². The summed E-state index contributed by atoms with van der Waals surface area (Å²) in [5, 5.41) is 0.609. The van der Waals surface area contributed by atoms with E-state index in [4.69, 9.17) is 0 Å². The Kier molecular flexibility index (Phi) is 2.91. The van der Waals surface area contributed by atoms with Crippen LogP contribution in [-0.4, -0.2) is 15.3 Å². The number of aromatic nitrogens is 2. The van der Waals surface area contributed by atoms with Crippen LogP contribution < -0.4 is 5.43 Å². The zero-order chi connectivity index (χ0) is 14.1. The van der Waals surface area contributed by atoms with Gasteiger partial charge in [-0.3, -0.25) is 14.6 Å². The number of carbonyl (C=O) groups is 1. The number of benzene rings is 1. The van der Waals surface area contributed by atoms with Gasteiger partial charge in [0.25, 0.3) is 0 Å². The first-order chi connectivity index (χ1) is 9.68. The lowest BCUT2D eigenvalue weighted by Gasteiger charge is -2.11. The number of hydrogen-bond donors (Lipinski definition) is 0. The van der Waals surface area contributed by atoms with Crippen LogP contribution in [0.2, 0.25) is 0 Å². The molecular weight excluding hydrogens is 252 g/mol. The predicted octanol–water partition coefficient (Wildman–Crippen LogP) is 2.16. The molecule has 2 heterocycles. The number of rotatable bonds is 2. The van der Waals surface area contributed by atoms with E-state index in [2.05, 4.69) is 4.98 Å². The molecule has 0 aliphatic heterocycles. The smallest absolute Gasteiger partial charge is 0.211 e. The molecule has 0 N–H and O–H groups in total. The van der Waals surface area contributed by atoms with Crippen molar-refractivity contribution in [1.82, 2.24) is 9.55 Å². The van der Waals surface area contributed by atoms with Crippen LogP contribution >= 0.6 is 0 Å². The molecule has 0 spiro atoms. The van der Waals surface area contributed by atoms with Gasteiger partial charge in [0.05, 0.1) is 11.2 Å². The van der Waals surface area contributed by atoms with Crippen LogP contribution in [0.25, 0.3) is 10.9 Å². The summed E-state index contributed by atoms with van der Waals surface area (Å²) in [5.74, 6) is -0.205. The Labute approximate surface area is 115 Å². The van der Waals surface area contributed by atoms with E-state index < -0.39 is 0 Å². The van der Waals surface area contributed by atoms with Gasteiger partial charge in [-0.1, -0.05) is 12.1 Å². The lowest BCUT2D eigenvalue weighted by molar-refractivity contribution is 0.103. The predicted molar refractivity (Wildman–Crippen MR) is 76.9 cm³/mol. The zero-order valence-corrected chi connectivity index (χ0v) is 10.9. The molecule has 0 unspecified atom stereocenters. The highest BCUT2D eigenvalue weighted by Crippen LogP contribution is 2.14. The number of ketones is 1. The van der Waals surface area contributed by atoms with E-state index in [9.17, 15) is 9.59 Å². The highest BCUT2D eigenvalue weighted by Gasteiger charge is 2.14. The molecule has 4 heteroatoms. The Morgan fingerprint density at radius 2 is 1.95 bits per heavy atom. The number of pyridine rings is 2. The normalized spacial score (nSPS) is 10.7. The van der Waals surface area contributed by atoms with Gasteiger partial charge in [-0.25, -0.2) is 0 Å². The maximum absolute atomic E-state index is 12.5. The second kappa shape index (κ2) is 4.74. The number of carbonyl (C=O) groups excluding carboxylic acids is 1. The van der Waals surface area contributed by atoms with Crippen LogP contribution in [-0.2, 0) is 7.05 Å². The van der Waals surface area contributed by atoms with Crippen LogP contribution in [0.1, 0.15) is 16.1 Å². The SMILES string of the molecule is Cn1c(C(=O)c2cccnc2)cc(=O)c2ccccc21. The molecule has 0 atom stereocenters. The number of hydrogen-bond acceptors (Lipinski definition) is 3. The van der Waals surface area contributed by atoms with Gasteiger partial charge < -0.3 is 4.57 Å². The van der Waals surface area contributed by atoms with Crippen molar-refractivity contribution in [3.05, 3.63) is 76.3 Å². The summed E-state index contributed by atoms with van der Waals surface area (Å²) in [7, 11) is 1.78. The molecule has 0 saturated heterocycles. The van der Waals surface area contributed by atoms with Crippen molar-refractivity contribution < 1.29 is 4.79 Å². The molecule has 1 aromatic carbocycles. The van der Waals surface area contributed by atoms with Crippen LogP contribution in [0.3, 0.4) is 0 Å². The Hall–Kier alpha value is -2.75. The average molecular weight is 264 g/mol. The molecular formula is C16H12N2O2. The third-order valence-electron chi connectivity index (χ3n) is 3.32. The summed E-state index contributed by atoms with van der Waals surface area (Å²) in [5.41, 5.74) is 1.43. The second-order valence-corrected chi connectivity index (χ2v) is 4.54. The summed E-state index contributed by atoms with van der Waals surface area (Å²) in [6, 6.07) is 12.0. The van der Waals surface area contributed by atoms with E-state index in [1.165, 1.54) is 12.3 Å². The number of fused-ring (bicyclic) bond motifs is 1. The van der Waals surface area contributed by atoms with Crippen molar-refractivity contribution in [2.75, 3.05) is 0 Å². The van der Waals surface area contributed by atoms with Gasteiger partial charge in [-0.15, -0.1) is 0 Å². The topological polar surface area (TPSA) is 52.0 Å². The zero-order valence-electron chi connectivity index (χ0n) is 10.9. The molecule has 0 saturated carbocycles. The highest BCUT2D eigenvalue weighted by molar-refractivity contribution is 6.08. The van der Waals surface area contributed by atoms with Gasteiger partial charge in [-0.2, -0.15) is 0 Å². The molecule has 98 valence electrons. The van der Waals surface area contributed by atoms with Gasteiger partial charge in [0, 0.05) is 36.5 Å². The third kappa shape index (κ3) is 1.91.